The van der Waals surface area contributed by atoms with Crippen molar-refractivity contribution in [1.29, 1.82) is 0 Å². The van der Waals surface area contributed by atoms with Gasteiger partial charge in [-0.05, 0) is 57.6 Å². The lowest BCUT2D eigenvalue weighted by molar-refractivity contribution is 0.0147. The summed E-state index contributed by atoms with van der Waals surface area (Å²) in [6.45, 7) is 4.08. The Balaban J connectivity index is 1.61. The molecule has 0 radical (unpaired) electrons. The molecular formula is C27H38F2N4O7S. The molecule has 0 spiro atoms. The number of hydrogen-bond acceptors (Lipinski definition) is 9. The molecule has 11 nitrogen and oxygen atoms in total. The van der Waals surface area contributed by atoms with E-state index in [2.05, 4.69) is 4.98 Å². The van der Waals surface area contributed by atoms with Gasteiger partial charge in [-0.1, -0.05) is 6.92 Å². The molecule has 2 heterocycles. The number of nitrogens with zero attached hydrogens (tertiary/aromatic N) is 3. The molecular weight excluding hydrogens is 562 g/mol. The standard InChI is InChI=1S/C27H38F2N4O7S/c1-5-23(22-8-6-20(18-30-22)39-17-16-37-4)40-24-9-7-21(25(28)26(24)29)27(34)31-41(35,36)33-12-10-19(11-13-33)38-15-14-32(2)3/h6-9,18-19,23H,5,10-17H2,1-4H3,(H,31,34)/t23-/m1/s1. The minimum absolute atomic E-state index is 0.0921. The fourth-order valence-corrected chi connectivity index (χ4v) is 5.26. The number of pyridine rings is 1. The fraction of sp³-hybridized carbons (Fsp3) is 0.556. The van der Waals surface area contributed by atoms with Crippen molar-refractivity contribution in [3.8, 4) is 11.5 Å². The number of carbonyl (C=O) groups excluding carboxylic acids is 1. The van der Waals surface area contributed by atoms with Crippen molar-refractivity contribution >= 4 is 16.1 Å². The third kappa shape index (κ3) is 9.30. The topological polar surface area (TPSA) is 120 Å². The van der Waals surface area contributed by atoms with Gasteiger partial charge in [-0.15, -0.1) is 0 Å². The molecule has 3 rings (SSSR count). The molecule has 1 aromatic heterocycles. The summed E-state index contributed by atoms with van der Waals surface area (Å²) in [5, 5.41) is 0. The van der Waals surface area contributed by atoms with Crippen LogP contribution in [-0.4, -0.2) is 95.3 Å². The van der Waals surface area contributed by atoms with Gasteiger partial charge in [-0.25, -0.2) is 9.11 Å². The minimum atomic E-state index is -4.27. The summed E-state index contributed by atoms with van der Waals surface area (Å²) in [7, 11) is 1.14. The number of carbonyl (C=O) groups is 1. The number of methoxy groups -OCH3 is 1. The van der Waals surface area contributed by atoms with Gasteiger partial charge >= 0.3 is 10.2 Å². The first-order valence-corrected chi connectivity index (χ1v) is 14.8. The Morgan fingerprint density at radius 3 is 2.46 bits per heavy atom. The van der Waals surface area contributed by atoms with Crippen LogP contribution in [0.3, 0.4) is 0 Å². The first-order valence-electron chi connectivity index (χ1n) is 13.4. The molecule has 1 aliphatic heterocycles. The van der Waals surface area contributed by atoms with Crippen molar-refractivity contribution < 1.29 is 40.9 Å². The van der Waals surface area contributed by atoms with Gasteiger partial charge in [0.1, 0.15) is 18.5 Å². The summed E-state index contributed by atoms with van der Waals surface area (Å²) in [6, 6.07) is 5.39. The van der Waals surface area contributed by atoms with Gasteiger partial charge in [-0.3, -0.25) is 9.78 Å². The van der Waals surface area contributed by atoms with E-state index in [9.17, 15) is 22.0 Å². The minimum Gasteiger partial charge on any atom is -0.490 e. The third-order valence-corrected chi connectivity index (χ3v) is 7.92. The van der Waals surface area contributed by atoms with Crippen molar-refractivity contribution in [2.24, 2.45) is 0 Å². The van der Waals surface area contributed by atoms with Gasteiger partial charge in [0.2, 0.25) is 5.82 Å². The van der Waals surface area contributed by atoms with E-state index in [-0.39, 0.29) is 19.2 Å². The summed E-state index contributed by atoms with van der Waals surface area (Å²) < 4.78 is 80.2. The van der Waals surface area contributed by atoms with Gasteiger partial charge in [0.25, 0.3) is 5.91 Å². The van der Waals surface area contributed by atoms with Crippen LogP contribution in [0, 0.1) is 11.6 Å². The zero-order valence-electron chi connectivity index (χ0n) is 23.8. The summed E-state index contributed by atoms with van der Waals surface area (Å²) in [5.74, 6) is -4.14. The van der Waals surface area contributed by atoms with E-state index in [1.54, 1.807) is 26.2 Å². The highest BCUT2D eigenvalue weighted by Gasteiger charge is 2.31. The smallest absolute Gasteiger partial charge is 0.304 e. The van der Waals surface area contributed by atoms with Crippen LogP contribution < -0.4 is 14.2 Å². The van der Waals surface area contributed by atoms with Crippen molar-refractivity contribution in [3.63, 3.8) is 0 Å². The maximum absolute atomic E-state index is 14.9. The van der Waals surface area contributed by atoms with Crippen LogP contribution >= 0.6 is 0 Å². The number of nitrogens with one attached hydrogen (secondary N) is 1. The fourth-order valence-electron chi connectivity index (χ4n) is 4.09. The van der Waals surface area contributed by atoms with Gasteiger partial charge in [0, 0.05) is 26.7 Å². The number of rotatable bonds is 15. The SMILES string of the molecule is CC[C@@H](Oc1ccc(C(=O)NS(=O)(=O)N2CCC(OCCN(C)C)CC2)c(F)c1F)c1ccc(OCCOC)cn1. The Kier molecular flexibility index (Phi) is 12.2. The van der Waals surface area contributed by atoms with Crippen LogP contribution in [0.1, 0.15) is 48.3 Å². The molecule has 1 atom stereocenters. The van der Waals surface area contributed by atoms with Gasteiger partial charge in [-0.2, -0.15) is 17.1 Å². The molecule has 0 bridgehead atoms. The highest BCUT2D eigenvalue weighted by Crippen LogP contribution is 2.29. The Morgan fingerprint density at radius 2 is 1.85 bits per heavy atom. The lowest BCUT2D eigenvalue weighted by atomic mass is 10.1. The van der Waals surface area contributed by atoms with E-state index < -0.39 is 45.2 Å². The second kappa shape index (κ2) is 15.4. The van der Waals surface area contributed by atoms with Crippen molar-refractivity contribution in [3.05, 3.63) is 53.4 Å². The van der Waals surface area contributed by atoms with Crippen LogP contribution in [0.2, 0.25) is 0 Å². The summed E-state index contributed by atoms with van der Waals surface area (Å²) in [6.07, 6.45) is 1.97. The van der Waals surface area contributed by atoms with Crippen molar-refractivity contribution in [1.82, 2.24) is 18.9 Å². The van der Waals surface area contributed by atoms with Crippen LogP contribution in [0.5, 0.6) is 11.5 Å². The molecule has 0 saturated carbocycles. The summed E-state index contributed by atoms with van der Waals surface area (Å²) in [5.41, 5.74) is -0.296. The second-order valence-electron chi connectivity index (χ2n) is 9.72. The molecule has 2 aromatic rings. The monoisotopic (exact) mass is 600 g/mol. The largest absolute Gasteiger partial charge is 0.490 e. The van der Waals surface area contributed by atoms with Gasteiger partial charge in [0.15, 0.2) is 11.6 Å². The van der Waals surface area contributed by atoms with Crippen LogP contribution in [0.15, 0.2) is 30.5 Å². The molecule has 1 saturated heterocycles. The lowest BCUT2D eigenvalue weighted by Crippen LogP contribution is -2.48. The molecule has 1 aliphatic rings. The molecule has 1 amide bonds. The van der Waals surface area contributed by atoms with Gasteiger partial charge in [0.05, 0.1) is 36.8 Å². The molecule has 228 valence electrons. The number of hydrogen-bond donors (Lipinski definition) is 1. The van der Waals surface area contributed by atoms with Crippen LogP contribution in [0.25, 0.3) is 0 Å². The molecule has 1 aromatic carbocycles. The predicted octanol–water partition coefficient (Wildman–Crippen LogP) is 2.93. The molecule has 41 heavy (non-hydrogen) atoms. The maximum atomic E-state index is 14.9. The van der Waals surface area contributed by atoms with E-state index in [1.807, 2.05) is 23.7 Å². The predicted molar refractivity (Wildman–Crippen MR) is 147 cm³/mol. The van der Waals surface area contributed by atoms with E-state index in [0.717, 1.165) is 23.0 Å². The maximum Gasteiger partial charge on any atom is 0.304 e. The molecule has 0 aliphatic carbocycles. The number of amides is 1. The van der Waals surface area contributed by atoms with E-state index in [4.69, 9.17) is 18.9 Å². The zero-order chi connectivity index (χ0) is 30.0. The Bertz CT molecular complexity index is 1240. The van der Waals surface area contributed by atoms with E-state index in [1.165, 1.54) is 6.20 Å². The highest BCUT2D eigenvalue weighted by molar-refractivity contribution is 7.87. The van der Waals surface area contributed by atoms with Crippen LogP contribution in [0.4, 0.5) is 8.78 Å². The average molecular weight is 601 g/mol. The highest BCUT2D eigenvalue weighted by atomic mass is 32.2. The third-order valence-electron chi connectivity index (χ3n) is 6.43. The van der Waals surface area contributed by atoms with Crippen LogP contribution in [-0.2, 0) is 19.7 Å². The summed E-state index contributed by atoms with van der Waals surface area (Å²) >= 11 is 0. The summed E-state index contributed by atoms with van der Waals surface area (Å²) in [4.78, 5) is 18.9. The molecule has 1 N–H and O–H groups in total. The number of likely N-dealkylation sites (N-methyl/N-ethyl adjacent to an activating group) is 1. The molecule has 1 fully saturated rings. The first kappa shape index (κ1) is 32.6. The first-order chi connectivity index (χ1) is 19.6. The van der Waals surface area contributed by atoms with Gasteiger partial charge < -0.3 is 23.8 Å². The zero-order valence-corrected chi connectivity index (χ0v) is 24.6. The van der Waals surface area contributed by atoms with E-state index >= 15 is 0 Å². The Hall–Kier alpha value is -2.91. The number of halogens is 2. The number of piperidine rings is 1. The van der Waals surface area contributed by atoms with E-state index in [0.29, 0.717) is 50.5 Å². The average Bonchev–Trinajstić information content (AvgIpc) is 2.94. The van der Waals surface area contributed by atoms with Crippen molar-refractivity contribution in [2.75, 3.05) is 60.7 Å². The quantitative estimate of drug-likeness (QED) is 0.308. The Morgan fingerprint density at radius 1 is 1.12 bits per heavy atom. The number of ether oxygens (including phenoxy) is 4. The normalized spacial score (nSPS) is 15.6. The molecule has 0 unspecified atom stereocenters. The Labute approximate surface area is 239 Å². The number of aromatic nitrogens is 1. The van der Waals surface area contributed by atoms with Crippen molar-refractivity contribution in [2.45, 2.75) is 38.4 Å². The lowest BCUT2D eigenvalue weighted by Gasteiger charge is -2.31. The second-order valence-corrected chi connectivity index (χ2v) is 11.4. The molecule has 14 heteroatoms. The number of benzene rings is 1.